The molecule has 1 atom stereocenters. The lowest BCUT2D eigenvalue weighted by atomic mass is 10.3. The Morgan fingerprint density at radius 1 is 1.30 bits per heavy atom. The van der Waals surface area contributed by atoms with Gasteiger partial charge in [0.1, 0.15) is 12.4 Å². The maximum absolute atomic E-state index is 9.70. The van der Waals surface area contributed by atoms with Crippen LogP contribution in [0.3, 0.4) is 0 Å². The van der Waals surface area contributed by atoms with Crippen LogP contribution in [0.2, 0.25) is 0 Å². The van der Waals surface area contributed by atoms with Gasteiger partial charge in [-0.15, -0.1) is 0 Å². The molecule has 5 heteroatoms. The fourth-order valence-electron chi connectivity index (χ4n) is 1.67. The van der Waals surface area contributed by atoms with Crippen LogP contribution in [0, 0.1) is 0 Å². The van der Waals surface area contributed by atoms with E-state index in [0.717, 1.165) is 38.4 Å². The fraction of sp³-hybridized carbons (Fsp3) is 0.733. The van der Waals surface area contributed by atoms with Crippen LogP contribution in [0.1, 0.15) is 31.9 Å². The first-order valence-corrected chi connectivity index (χ1v) is 7.39. The molecule has 0 saturated heterocycles. The number of hydrogen-bond acceptors (Lipinski definition) is 5. The molecular weight excluding hydrogens is 258 g/mol. The number of ether oxygens (including phenoxy) is 2. The van der Waals surface area contributed by atoms with Crippen LogP contribution in [0.4, 0.5) is 0 Å². The van der Waals surface area contributed by atoms with Gasteiger partial charge < -0.3 is 24.3 Å². The average molecular weight is 285 g/mol. The van der Waals surface area contributed by atoms with Gasteiger partial charge in [-0.05, 0) is 31.5 Å². The van der Waals surface area contributed by atoms with Gasteiger partial charge >= 0.3 is 0 Å². The van der Waals surface area contributed by atoms with Crippen molar-refractivity contribution in [1.29, 1.82) is 0 Å². The van der Waals surface area contributed by atoms with E-state index in [0.29, 0.717) is 19.8 Å². The van der Waals surface area contributed by atoms with E-state index < -0.39 is 6.10 Å². The maximum atomic E-state index is 9.70. The van der Waals surface area contributed by atoms with Crippen molar-refractivity contribution in [1.82, 2.24) is 5.32 Å². The van der Waals surface area contributed by atoms with Crippen molar-refractivity contribution in [2.45, 2.75) is 38.9 Å². The Kier molecular flexibility index (Phi) is 10.2. The van der Waals surface area contributed by atoms with E-state index in [1.54, 1.807) is 6.26 Å². The molecule has 1 aromatic heterocycles. The molecule has 1 rings (SSSR count). The van der Waals surface area contributed by atoms with Crippen molar-refractivity contribution < 1.29 is 19.0 Å². The van der Waals surface area contributed by atoms with Crippen molar-refractivity contribution in [3.63, 3.8) is 0 Å². The van der Waals surface area contributed by atoms with Gasteiger partial charge in [0.15, 0.2) is 0 Å². The predicted octanol–water partition coefficient (Wildman–Crippen LogP) is 1.95. The second-order valence-corrected chi connectivity index (χ2v) is 4.77. The molecule has 1 heterocycles. The van der Waals surface area contributed by atoms with Gasteiger partial charge in [0.25, 0.3) is 0 Å². The second-order valence-electron chi connectivity index (χ2n) is 4.77. The Labute approximate surface area is 121 Å². The van der Waals surface area contributed by atoms with Crippen LogP contribution in [0.15, 0.2) is 22.8 Å². The molecular formula is C15H27NO4. The highest BCUT2D eigenvalue weighted by Gasteiger charge is 2.04. The molecule has 0 aliphatic heterocycles. The zero-order valence-electron chi connectivity index (χ0n) is 12.3. The van der Waals surface area contributed by atoms with Gasteiger partial charge in [0, 0.05) is 19.8 Å². The molecule has 0 saturated carbocycles. The quantitative estimate of drug-likeness (QED) is 0.542. The molecule has 0 fully saturated rings. The summed E-state index contributed by atoms with van der Waals surface area (Å²) < 4.78 is 15.9. The van der Waals surface area contributed by atoms with Crippen molar-refractivity contribution in [3.05, 3.63) is 24.2 Å². The van der Waals surface area contributed by atoms with Gasteiger partial charge in [-0.25, -0.2) is 0 Å². The Bertz CT molecular complexity index is 303. The molecule has 0 bridgehead atoms. The van der Waals surface area contributed by atoms with E-state index in [1.807, 2.05) is 12.1 Å². The predicted molar refractivity (Wildman–Crippen MR) is 77.6 cm³/mol. The average Bonchev–Trinajstić information content (AvgIpc) is 2.95. The first-order valence-electron chi connectivity index (χ1n) is 7.39. The summed E-state index contributed by atoms with van der Waals surface area (Å²) >= 11 is 0. The number of nitrogens with one attached hydrogen (secondary N) is 1. The van der Waals surface area contributed by atoms with E-state index in [1.165, 1.54) is 6.42 Å². The molecule has 1 unspecified atom stereocenters. The van der Waals surface area contributed by atoms with E-state index in [2.05, 4.69) is 12.2 Å². The summed E-state index contributed by atoms with van der Waals surface area (Å²) in [4.78, 5) is 0. The SMILES string of the molecule is CCCCOCCCNCC(O)COCc1ccco1. The molecule has 20 heavy (non-hydrogen) atoms. The van der Waals surface area contributed by atoms with Crippen LogP contribution in [0.25, 0.3) is 0 Å². The topological polar surface area (TPSA) is 63.9 Å². The second kappa shape index (κ2) is 11.9. The van der Waals surface area contributed by atoms with Crippen LogP contribution >= 0.6 is 0 Å². The highest BCUT2D eigenvalue weighted by molar-refractivity contribution is 4.96. The van der Waals surface area contributed by atoms with Gasteiger partial charge in [-0.2, -0.15) is 0 Å². The van der Waals surface area contributed by atoms with Crippen LogP contribution in [0.5, 0.6) is 0 Å². The summed E-state index contributed by atoms with van der Waals surface area (Å²) in [6.07, 6.45) is 4.37. The summed E-state index contributed by atoms with van der Waals surface area (Å²) in [7, 11) is 0. The lowest BCUT2D eigenvalue weighted by Crippen LogP contribution is -2.31. The van der Waals surface area contributed by atoms with Crippen molar-refractivity contribution >= 4 is 0 Å². The van der Waals surface area contributed by atoms with Gasteiger partial charge in [0.05, 0.1) is 19.0 Å². The van der Waals surface area contributed by atoms with E-state index in [9.17, 15) is 5.11 Å². The van der Waals surface area contributed by atoms with Crippen molar-refractivity contribution in [3.8, 4) is 0 Å². The number of furan rings is 1. The van der Waals surface area contributed by atoms with Crippen LogP contribution < -0.4 is 5.32 Å². The third-order valence-corrected chi connectivity index (χ3v) is 2.80. The van der Waals surface area contributed by atoms with E-state index in [4.69, 9.17) is 13.9 Å². The summed E-state index contributed by atoms with van der Waals surface area (Å²) in [5, 5.41) is 12.9. The first-order chi connectivity index (χ1) is 9.83. The van der Waals surface area contributed by atoms with Gasteiger partial charge in [0.2, 0.25) is 0 Å². The Morgan fingerprint density at radius 3 is 2.90 bits per heavy atom. The zero-order chi connectivity index (χ0) is 14.5. The minimum atomic E-state index is -0.494. The molecule has 0 radical (unpaired) electrons. The summed E-state index contributed by atoms with van der Waals surface area (Å²) in [5.41, 5.74) is 0. The molecule has 116 valence electrons. The normalized spacial score (nSPS) is 12.7. The van der Waals surface area contributed by atoms with Crippen molar-refractivity contribution in [2.24, 2.45) is 0 Å². The Hall–Kier alpha value is -0.880. The number of unbranched alkanes of at least 4 members (excludes halogenated alkanes) is 1. The van der Waals surface area contributed by atoms with Crippen LogP contribution in [-0.4, -0.2) is 44.1 Å². The molecule has 0 aliphatic rings. The molecule has 2 N–H and O–H groups in total. The number of rotatable bonds is 13. The third-order valence-electron chi connectivity index (χ3n) is 2.80. The molecule has 0 amide bonds. The van der Waals surface area contributed by atoms with E-state index in [-0.39, 0.29) is 0 Å². The highest BCUT2D eigenvalue weighted by atomic mass is 16.5. The van der Waals surface area contributed by atoms with Gasteiger partial charge in [-0.3, -0.25) is 0 Å². The largest absolute Gasteiger partial charge is 0.467 e. The maximum Gasteiger partial charge on any atom is 0.129 e. The molecule has 1 aromatic rings. The molecule has 0 aromatic carbocycles. The molecule has 0 spiro atoms. The minimum absolute atomic E-state index is 0.306. The van der Waals surface area contributed by atoms with E-state index >= 15 is 0 Å². The zero-order valence-corrected chi connectivity index (χ0v) is 12.3. The number of aliphatic hydroxyl groups is 1. The standard InChI is InChI=1S/C15H27NO4/c1-2-3-8-18-9-5-7-16-11-14(17)12-19-13-15-6-4-10-20-15/h4,6,10,14,16-17H,2-3,5,7-9,11-13H2,1H3. The monoisotopic (exact) mass is 285 g/mol. The molecule has 0 aliphatic carbocycles. The number of aliphatic hydroxyl groups excluding tert-OH is 1. The summed E-state index contributed by atoms with van der Waals surface area (Å²) in [6, 6.07) is 3.67. The fourth-order valence-corrected chi connectivity index (χ4v) is 1.67. The Balaban J connectivity index is 1.84. The Morgan fingerprint density at radius 2 is 2.15 bits per heavy atom. The minimum Gasteiger partial charge on any atom is -0.467 e. The third kappa shape index (κ3) is 9.09. The van der Waals surface area contributed by atoms with Crippen molar-refractivity contribution in [2.75, 3.05) is 32.9 Å². The first kappa shape index (κ1) is 17.2. The summed E-state index contributed by atoms with van der Waals surface area (Å²) in [5.74, 6) is 0.773. The number of hydrogen-bond donors (Lipinski definition) is 2. The summed E-state index contributed by atoms with van der Waals surface area (Å²) in [6.45, 7) is 5.86. The lowest BCUT2D eigenvalue weighted by Gasteiger charge is -2.12. The van der Waals surface area contributed by atoms with Crippen LogP contribution in [-0.2, 0) is 16.1 Å². The lowest BCUT2D eigenvalue weighted by molar-refractivity contribution is 0.0224. The smallest absolute Gasteiger partial charge is 0.129 e. The van der Waals surface area contributed by atoms with Gasteiger partial charge in [-0.1, -0.05) is 13.3 Å². The highest BCUT2D eigenvalue weighted by Crippen LogP contribution is 2.01. The molecule has 5 nitrogen and oxygen atoms in total.